The quantitative estimate of drug-likeness (QED) is 0.911. The zero-order valence-corrected chi connectivity index (χ0v) is 14.8. The average molecular weight is 347 g/mol. The van der Waals surface area contributed by atoms with Gasteiger partial charge in [0, 0.05) is 0 Å². The number of aryl methyl sites for hydroxylation is 2. The highest BCUT2D eigenvalue weighted by molar-refractivity contribution is 7.89. The van der Waals surface area contributed by atoms with Gasteiger partial charge in [0.05, 0.1) is 10.4 Å². The van der Waals surface area contributed by atoms with Crippen LogP contribution in [-0.2, 0) is 28.4 Å². The SMILES string of the molecule is CC(C)(NS(=O)(=O)c1ccc2c(c1)CCCC2)c1ccc(F)cc1. The molecule has 0 unspecified atom stereocenters. The molecule has 5 heteroatoms. The van der Waals surface area contributed by atoms with Gasteiger partial charge in [0.15, 0.2) is 0 Å². The Bertz CT molecular complexity index is 842. The van der Waals surface area contributed by atoms with Crippen LogP contribution in [0.2, 0.25) is 0 Å². The summed E-state index contributed by atoms with van der Waals surface area (Å²) in [6.07, 6.45) is 4.21. The Morgan fingerprint density at radius 3 is 2.25 bits per heavy atom. The van der Waals surface area contributed by atoms with E-state index in [4.69, 9.17) is 0 Å². The number of nitrogens with one attached hydrogen (secondary N) is 1. The molecule has 0 aliphatic heterocycles. The highest BCUT2D eigenvalue weighted by Gasteiger charge is 2.28. The second-order valence-corrected chi connectivity index (χ2v) is 8.56. The second kappa shape index (κ2) is 6.30. The maximum atomic E-state index is 13.1. The summed E-state index contributed by atoms with van der Waals surface area (Å²) in [7, 11) is -3.65. The van der Waals surface area contributed by atoms with Crippen LogP contribution in [0.4, 0.5) is 4.39 Å². The first-order valence-electron chi connectivity index (χ1n) is 8.20. The standard InChI is InChI=1S/C19H22FNO2S/c1-19(2,16-8-10-17(20)11-9-16)21-24(22,23)18-12-7-14-5-3-4-6-15(14)13-18/h7-13,21H,3-6H2,1-2H3. The highest BCUT2D eigenvalue weighted by Crippen LogP contribution is 2.27. The summed E-state index contributed by atoms with van der Waals surface area (Å²) in [4.78, 5) is 0.290. The molecule has 0 spiro atoms. The molecule has 3 nitrogen and oxygen atoms in total. The summed E-state index contributed by atoms with van der Waals surface area (Å²) in [5.41, 5.74) is 2.26. The molecule has 0 atom stereocenters. The number of hydrogen-bond acceptors (Lipinski definition) is 2. The molecule has 1 N–H and O–H groups in total. The lowest BCUT2D eigenvalue weighted by molar-refractivity contribution is 0.471. The molecule has 0 saturated heterocycles. The van der Waals surface area contributed by atoms with Crippen molar-refractivity contribution in [1.29, 1.82) is 0 Å². The van der Waals surface area contributed by atoms with E-state index in [0.29, 0.717) is 10.5 Å². The first kappa shape index (κ1) is 17.1. The lowest BCUT2D eigenvalue weighted by Crippen LogP contribution is -2.40. The molecule has 0 saturated carbocycles. The van der Waals surface area contributed by atoms with Crippen molar-refractivity contribution in [2.75, 3.05) is 0 Å². The number of rotatable bonds is 4. The molecular formula is C19H22FNO2S. The van der Waals surface area contributed by atoms with Gasteiger partial charge in [-0.1, -0.05) is 18.2 Å². The third kappa shape index (κ3) is 3.52. The average Bonchev–Trinajstić information content (AvgIpc) is 2.54. The van der Waals surface area contributed by atoms with Crippen molar-refractivity contribution < 1.29 is 12.8 Å². The molecule has 3 rings (SSSR count). The molecule has 0 amide bonds. The summed E-state index contributed by atoms with van der Waals surface area (Å²) in [5.74, 6) is -0.341. The topological polar surface area (TPSA) is 46.2 Å². The van der Waals surface area contributed by atoms with Crippen LogP contribution in [-0.4, -0.2) is 8.42 Å². The van der Waals surface area contributed by atoms with Crippen LogP contribution in [0.5, 0.6) is 0 Å². The molecular weight excluding hydrogens is 325 g/mol. The van der Waals surface area contributed by atoms with E-state index in [2.05, 4.69) is 4.72 Å². The van der Waals surface area contributed by atoms with Gasteiger partial charge in [-0.05, 0) is 80.5 Å². The molecule has 2 aromatic rings. The van der Waals surface area contributed by atoms with E-state index in [1.165, 1.54) is 17.7 Å². The minimum atomic E-state index is -3.65. The van der Waals surface area contributed by atoms with Crippen molar-refractivity contribution in [2.24, 2.45) is 0 Å². The van der Waals surface area contributed by atoms with Crippen molar-refractivity contribution in [3.05, 3.63) is 65.0 Å². The number of sulfonamides is 1. The van der Waals surface area contributed by atoms with Crippen LogP contribution in [0.1, 0.15) is 43.4 Å². The van der Waals surface area contributed by atoms with E-state index in [1.807, 2.05) is 6.07 Å². The molecule has 0 aromatic heterocycles. The highest BCUT2D eigenvalue weighted by atomic mass is 32.2. The van der Waals surface area contributed by atoms with Crippen LogP contribution in [0, 0.1) is 5.82 Å². The minimum Gasteiger partial charge on any atom is -0.207 e. The molecule has 0 bridgehead atoms. The molecule has 1 aliphatic rings. The van der Waals surface area contributed by atoms with E-state index in [0.717, 1.165) is 31.2 Å². The van der Waals surface area contributed by atoms with Gasteiger partial charge in [0.25, 0.3) is 0 Å². The molecule has 1 aliphatic carbocycles. The summed E-state index contributed by atoms with van der Waals surface area (Å²) in [5, 5.41) is 0. The van der Waals surface area contributed by atoms with E-state index < -0.39 is 15.6 Å². The third-order valence-electron chi connectivity index (χ3n) is 4.59. The lowest BCUT2D eigenvalue weighted by Gasteiger charge is -2.27. The predicted octanol–water partition coefficient (Wildman–Crippen LogP) is 3.92. The Hall–Kier alpha value is -1.72. The Balaban J connectivity index is 1.89. The van der Waals surface area contributed by atoms with E-state index >= 15 is 0 Å². The fourth-order valence-electron chi connectivity index (χ4n) is 3.20. The van der Waals surface area contributed by atoms with Crippen LogP contribution < -0.4 is 4.72 Å². The smallest absolute Gasteiger partial charge is 0.207 e. The van der Waals surface area contributed by atoms with Gasteiger partial charge in [-0.3, -0.25) is 0 Å². The van der Waals surface area contributed by atoms with Gasteiger partial charge in [-0.25, -0.2) is 17.5 Å². The zero-order valence-electron chi connectivity index (χ0n) is 14.0. The fourth-order valence-corrected chi connectivity index (χ4v) is 4.65. The number of hydrogen-bond donors (Lipinski definition) is 1. The first-order chi connectivity index (χ1) is 11.3. The molecule has 0 heterocycles. The largest absolute Gasteiger partial charge is 0.241 e. The summed E-state index contributed by atoms with van der Waals surface area (Å²) in [6, 6.07) is 11.3. The Morgan fingerprint density at radius 2 is 1.58 bits per heavy atom. The van der Waals surface area contributed by atoms with Crippen molar-refractivity contribution >= 4 is 10.0 Å². The lowest BCUT2D eigenvalue weighted by atomic mass is 9.92. The van der Waals surface area contributed by atoms with Crippen LogP contribution in [0.25, 0.3) is 0 Å². The van der Waals surface area contributed by atoms with E-state index in [9.17, 15) is 12.8 Å². The van der Waals surface area contributed by atoms with Gasteiger partial charge in [0.2, 0.25) is 10.0 Å². The maximum absolute atomic E-state index is 13.1. The third-order valence-corrected chi connectivity index (χ3v) is 6.24. The zero-order chi connectivity index (χ0) is 17.4. The summed E-state index contributed by atoms with van der Waals surface area (Å²) >= 11 is 0. The molecule has 0 radical (unpaired) electrons. The van der Waals surface area contributed by atoms with Gasteiger partial charge < -0.3 is 0 Å². The van der Waals surface area contributed by atoms with Crippen LogP contribution in [0.3, 0.4) is 0 Å². The minimum absolute atomic E-state index is 0.290. The Kier molecular flexibility index (Phi) is 4.49. The van der Waals surface area contributed by atoms with E-state index in [1.54, 1.807) is 38.1 Å². The summed E-state index contributed by atoms with van der Waals surface area (Å²) < 4.78 is 41.4. The van der Waals surface area contributed by atoms with Gasteiger partial charge >= 0.3 is 0 Å². The number of halogens is 1. The molecule has 24 heavy (non-hydrogen) atoms. The predicted molar refractivity (Wildman–Crippen MR) is 92.8 cm³/mol. The van der Waals surface area contributed by atoms with Crippen molar-refractivity contribution in [1.82, 2.24) is 4.72 Å². The van der Waals surface area contributed by atoms with E-state index in [-0.39, 0.29) is 5.82 Å². The van der Waals surface area contributed by atoms with Crippen molar-refractivity contribution in [2.45, 2.75) is 50.0 Å². The summed E-state index contributed by atoms with van der Waals surface area (Å²) in [6.45, 7) is 3.55. The molecule has 128 valence electrons. The monoisotopic (exact) mass is 347 g/mol. The van der Waals surface area contributed by atoms with Crippen LogP contribution in [0.15, 0.2) is 47.4 Å². The maximum Gasteiger partial charge on any atom is 0.241 e. The number of benzene rings is 2. The molecule has 0 fully saturated rings. The van der Waals surface area contributed by atoms with Crippen molar-refractivity contribution in [3.8, 4) is 0 Å². The molecule has 2 aromatic carbocycles. The van der Waals surface area contributed by atoms with Gasteiger partial charge in [0.1, 0.15) is 5.82 Å². The van der Waals surface area contributed by atoms with Gasteiger partial charge in [-0.15, -0.1) is 0 Å². The van der Waals surface area contributed by atoms with Crippen molar-refractivity contribution in [3.63, 3.8) is 0 Å². The first-order valence-corrected chi connectivity index (χ1v) is 9.68. The number of fused-ring (bicyclic) bond motifs is 1. The normalized spacial score (nSPS) is 15.1. The Labute approximate surface area is 143 Å². The second-order valence-electron chi connectivity index (χ2n) is 6.88. The fraction of sp³-hybridized carbons (Fsp3) is 0.368. The van der Waals surface area contributed by atoms with Gasteiger partial charge in [-0.2, -0.15) is 0 Å². The Morgan fingerprint density at radius 1 is 0.958 bits per heavy atom. The van der Waals surface area contributed by atoms with Crippen LogP contribution >= 0.6 is 0 Å².